The van der Waals surface area contributed by atoms with E-state index in [1.54, 1.807) is 18.7 Å². The number of aromatic nitrogens is 2. The smallest absolute Gasteiger partial charge is 0.348 e. The number of carbonyl (C=O) groups excluding carboxylic acids is 2. The Kier molecular flexibility index (Phi) is 6.01. The highest BCUT2D eigenvalue weighted by Crippen LogP contribution is 2.30. The molecule has 1 aliphatic heterocycles. The van der Waals surface area contributed by atoms with Crippen molar-refractivity contribution in [3.63, 3.8) is 0 Å². The Labute approximate surface area is 187 Å². The van der Waals surface area contributed by atoms with E-state index in [9.17, 15) is 14.4 Å². The molecule has 0 saturated carbocycles. The van der Waals surface area contributed by atoms with Crippen molar-refractivity contribution in [2.75, 3.05) is 29.6 Å². The van der Waals surface area contributed by atoms with Gasteiger partial charge in [0.1, 0.15) is 9.71 Å². The summed E-state index contributed by atoms with van der Waals surface area (Å²) in [6, 6.07) is 7.88. The number of benzene rings is 1. The third kappa shape index (κ3) is 3.92. The first-order valence-electron chi connectivity index (χ1n) is 9.91. The van der Waals surface area contributed by atoms with Crippen molar-refractivity contribution >= 4 is 50.9 Å². The SMILES string of the molecule is CCOC(=O)c1sc2nc(SCC(=O)N3CCCc4ccccc43)n(N)c(=O)c2c1C. The van der Waals surface area contributed by atoms with Crippen LogP contribution >= 0.6 is 23.1 Å². The molecule has 0 saturated heterocycles. The Morgan fingerprint density at radius 2 is 2.10 bits per heavy atom. The predicted molar refractivity (Wildman–Crippen MR) is 123 cm³/mol. The lowest BCUT2D eigenvalue weighted by atomic mass is 10.0. The monoisotopic (exact) mass is 458 g/mol. The molecule has 0 bridgehead atoms. The third-order valence-electron chi connectivity index (χ3n) is 5.16. The van der Waals surface area contributed by atoms with Gasteiger partial charge in [-0.3, -0.25) is 9.59 Å². The molecule has 8 nitrogen and oxygen atoms in total. The summed E-state index contributed by atoms with van der Waals surface area (Å²) in [5, 5.41) is 0.531. The van der Waals surface area contributed by atoms with Crippen molar-refractivity contribution < 1.29 is 14.3 Å². The van der Waals surface area contributed by atoms with Crippen LogP contribution in [0.5, 0.6) is 0 Å². The molecule has 2 aromatic heterocycles. The Balaban J connectivity index is 1.59. The average molecular weight is 459 g/mol. The van der Waals surface area contributed by atoms with E-state index in [0.717, 1.165) is 51.9 Å². The lowest BCUT2D eigenvalue weighted by Crippen LogP contribution is -2.37. The van der Waals surface area contributed by atoms with Crippen LogP contribution in [0, 0.1) is 6.92 Å². The molecular formula is C21H22N4O4S2. The zero-order valence-corrected chi connectivity index (χ0v) is 18.8. The van der Waals surface area contributed by atoms with Crippen molar-refractivity contribution in [2.24, 2.45) is 0 Å². The van der Waals surface area contributed by atoms with Gasteiger partial charge in [-0.05, 0) is 43.9 Å². The Morgan fingerprint density at radius 1 is 1.32 bits per heavy atom. The largest absolute Gasteiger partial charge is 0.462 e. The average Bonchev–Trinajstić information content (AvgIpc) is 3.11. The van der Waals surface area contributed by atoms with Gasteiger partial charge in [-0.1, -0.05) is 30.0 Å². The van der Waals surface area contributed by atoms with E-state index >= 15 is 0 Å². The second-order valence-corrected chi connectivity index (χ2v) is 9.03. The first-order valence-corrected chi connectivity index (χ1v) is 11.7. The van der Waals surface area contributed by atoms with Gasteiger partial charge in [-0.2, -0.15) is 0 Å². The highest BCUT2D eigenvalue weighted by Gasteiger charge is 2.24. The number of thiophene rings is 1. The molecule has 1 amide bonds. The molecule has 0 spiro atoms. The van der Waals surface area contributed by atoms with E-state index in [0.29, 0.717) is 27.2 Å². The number of thioether (sulfide) groups is 1. The van der Waals surface area contributed by atoms with Crippen LogP contribution in [-0.2, 0) is 16.0 Å². The molecule has 0 radical (unpaired) electrons. The van der Waals surface area contributed by atoms with Gasteiger partial charge in [0.15, 0.2) is 5.16 Å². The molecule has 4 rings (SSSR count). The maximum Gasteiger partial charge on any atom is 0.348 e. The molecule has 3 aromatic rings. The number of hydrogen-bond acceptors (Lipinski definition) is 8. The Hall–Kier alpha value is -2.85. The summed E-state index contributed by atoms with van der Waals surface area (Å²) in [6.45, 7) is 4.30. The molecule has 1 aromatic carbocycles. The van der Waals surface area contributed by atoms with E-state index in [1.165, 1.54) is 0 Å². The van der Waals surface area contributed by atoms with Gasteiger partial charge in [0, 0.05) is 12.2 Å². The van der Waals surface area contributed by atoms with Crippen molar-refractivity contribution in [3.05, 3.63) is 50.6 Å². The fourth-order valence-corrected chi connectivity index (χ4v) is 5.58. The topological polar surface area (TPSA) is 108 Å². The number of para-hydroxylation sites is 1. The summed E-state index contributed by atoms with van der Waals surface area (Å²) < 4.78 is 6.01. The van der Waals surface area contributed by atoms with Crippen molar-refractivity contribution in [1.82, 2.24) is 9.66 Å². The summed E-state index contributed by atoms with van der Waals surface area (Å²) in [5.41, 5.74) is 2.14. The van der Waals surface area contributed by atoms with Gasteiger partial charge < -0.3 is 15.5 Å². The predicted octanol–water partition coefficient (Wildman–Crippen LogP) is 2.73. The quantitative estimate of drug-likeness (QED) is 0.271. The zero-order chi connectivity index (χ0) is 22.1. The number of ether oxygens (including phenoxy) is 1. The van der Waals surface area contributed by atoms with Crippen LogP contribution in [0.4, 0.5) is 5.69 Å². The van der Waals surface area contributed by atoms with Crippen LogP contribution in [0.2, 0.25) is 0 Å². The minimum atomic E-state index is -0.487. The molecule has 0 fully saturated rings. The second kappa shape index (κ2) is 8.72. The van der Waals surface area contributed by atoms with Gasteiger partial charge in [0.05, 0.1) is 17.7 Å². The lowest BCUT2D eigenvalue weighted by molar-refractivity contribution is -0.116. The molecular weight excluding hydrogens is 436 g/mol. The number of amides is 1. The molecule has 0 atom stereocenters. The van der Waals surface area contributed by atoms with E-state index in [2.05, 4.69) is 4.98 Å². The van der Waals surface area contributed by atoms with Crippen LogP contribution < -0.4 is 16.3 Å². The van der Waals surface area contributed by atoms with Crippen molar-refractivity contribution in [1.29, 1.82) is 0 Å². The standard InChI is InChI=1S/C21H22N4O4S2/c1-3-29-20(28)17-12(2)16-18(31-17)23-21(25(22)19(16)27)30-11-15(26)24-10-6-8-13-7-4-5-9-14(13)24/h4-5,7,9H,3,6,8,10-11,22H2,1-2H3. The fourth-order valence-electron chi connectivity index (χ4n) is 3.67. The fraction of sp³-hybridized carbons (Fsp3) is 0.333. The number of carbonyl (C=O) groups is 2. The number of nitrogen functional groups attached to an aromatic ring is 1. The number of nitrogens with two attached hydrogens (primary N) is 1. The van der Waals surface area contributed by atoms with Gasteiger partial charge in [-0.25, -0.2) is 14.5 Å². The molecule has 10 heteroatoms. The van der Waals surface area contributed by atoms with E-state index < -0.39 is 11.5 Å². The van der Waals surface area contributed by atoms with E-state index in [4.69, 9.17) is 10.6 Å². The molecule has 3 heterocycles. The summed E-state index contributed by atoms with van der Waals surface area (Å²) in [7, 11) is 0. The Morgan fingerprint density at radius 3 is 2.87 bits per heavy atom. The number of hydrogen-bond donors (Lipinski definition) is 1. The number of nitrogens with zero attached hydrogens (tertiary/aromatic N) is 3. The van der Waals surface area contributed by atoms with E-state index in [1.807, 2.05) is 24.3 Å². The number of fused-ring (bicyclic) bond motifs is 2. The molecule has 162 valence electrons. The van der Waals surface area contributed by atoms with Crippen molar-refractivity contribution in [2.45, 2.75) is 31.8 Å². The minimum absolute atomic E-state index is 0.0685. The first kappa shape index (κ1) is 21.4. The van der Waals surface area contributed by atoms with Crippen LogP contribution in [0.3, 0.4) is 0 Å². The van der Waals surface area contributed by atoms with E-state index in [-0.39, 0.29) is 23.4 Å². The molecule has 31 heavy (non-hydrogen) atoms. The summed E-state index contributed by atoms with van der Waals surface area (Å²) in [4.78, 5) is 44.9. The van der Waals surface area contributed by atoms with Gasteiger partial charge in [0.25, 0.3) is 5.56 Å². The van der Waals surface area contributed by atoms with Crippen LogP contribution in [0.15, 0.2) is 34.2 Å². The van der Waals surface area contributed by atoms with Gasteiger partial charge in [0.2, 0.25) is 5.91 Å². The van der Waals surface area contributed by atoms with Gasteiger partial charge >= 0.3 is 5.97 Å². The molecule has 0 aliphatic carbocycles. The van der Waals surface area contributed by atoms with Crippen LogP contribution in [0.1, 0.15) is 34.1 Å². The van der Waals surface area contributed by atoms with Crippen LogP contribution in [0.25, 0.3) is 10.2 Å². The Bertz CT molecular complexity index is 1230. The minimum Gasteiger partial charge on any atom is -0.462 e. The molecule has 0 unspecified atom stereocenters. The summed E-state index contributed by atoms with van der Waals surface area (Å²) in [5.74, 6) is 5.53. The number of aryl methyl sites for hydroxylation is 2. The van der Waals surface area contributed by atoms with Crippen molar-refractivity contribution in [3.8, 4) is 0 Å². The first-order chi connectivity index (χ1) is 14.9. The maximum atomic E-state index is 12.9. The number of rotatable bonds is 5. The normalized spacial score (nSPS) is 13.3. The zero-order valence-electron chi connectivity index (χ0n) is 17.2. The summed E-state index contributed by atoms with van der Waals surface area (Å²) in [6.07, 6.45) is 1.86. The molecule has 2 N–H and O–H groups in total. The molecule has 1 aliphatic rings. The highest BCUT2D eigenvalue weighted by molar-refractivity contribution is 7.99. The number of anilines is 1. The lowest BCUT2D eigenvalue weighted by Gasteiger charge is -2.29. The third-order valence-corrected chi connectivity index (χ3v) is 7.26. The number of esters is 1. The highest BCUT2D eigenvalue weighted by atomic mass is 32.2. The summed E-state index contributed by atoms with van der Waals surface area (Å²) >= 11 is 2.21. The van der Waals surface area contributed by atoms with Gasteiger partial charge in [-0.15, -0.1) is 11.3 Å². The maximum absolute atomic E-state index is 12.9. The second-order valence-electron chi connectivity index (χ2n) is 7.09. The van der Waals surface area contributed by atoms with Crippen LogP contribution in [-0.4, -0.2) is 40.4 Å².